The Morgan fingerprint density at radius 2 is 1.68 bits per heavy atom. The number of likely N-dealkylation sites (tertiary alicyclic amines) is 1. The number of methoxy groups -OCH3 is 1. The zero-order chi connectivity index (χ0) is 26.7. The summed E-state index contributed by atoms with van der Waals surface area (Å²) < 4.78 is 30.4. The van der Waals surface area contributed by atoms with Crippen molar-refractivity contribution >= 4 is 17.7 Å². The maximum absolute atomic E-state index is 13.8. The minimum absolute atomic E-state index is 0.0262. The van der Waals surface area contributed by atoms with E-state index in [2.05, 4.69) is 5.32 Å². The first-order valence-electron chi connectivity index (χ1n) is 13.0. The number of hydrogen-bond acceptors (Lipinski definition) is 6. The van der Waals surface area contributed by atoms with Crippen LogP contribution in [0.1, 0.15) is 46.4 Å². The molecule has 9 nitrogen and oxygen atoms in total. The second-order valence-corrected chi connectivity index (χ2v) is 9.86. The second-order valence-electron chi connectivity index (χ2n) is 9.86. The summed E-state index contributed by atoms with van der Waals surface area (Å²) in [5.41, 5.74) is -0.215. The van der Waals surface area contributed by atoms with Gasteiger partial charge in [-0.15, -0.1) is 0 Å². The summed E-state index contributed by atoms with van der Waals surface area (Å²) in [6.07, 6.45) is 2.51. The highest BCUT2D eigenvalue weighted by molar-refractivity contribution is 5.99. The highest BCUT2D eigenvalue weighted by Gasteiger charge is 2.54. The minimum Gasteiger partial charge on any atom is -0.497 e. The topological polar surface area (TPSA) is 97.4 Å². The second kappa shape index (κ2) is 11.1. The zero-order valence-corrected chi connectivity index (χ0v) is 21.4. The molecular formula is C28H32FN3O6. The molecule has 2 aromatic rings. The van der Waals surface area contributed by atoms with E-state index in [-0.39, 0.29) is 30.4 Å². The highest BCUT2D eigenvalue weighted by Crippen LogP contribution is 2.39. The number of amides is 3. The van der Waals surface area contributed by atoms with E-state index in [1.54, 1.807) is 41.2 Å². The van der Waals surface area contributed by atoms with Crippen molar-refractivity contribution in [3.05, 3.63) is 65.5 Å². The molecule has 1 spiro atoms. The molecule has 3 aliphatic rings. The van der Waals surface area contributed by atoms with Gasteiger partial charge in [0.05, 0.1) is 19.8 Å². The van der Waals surface area contributed by atoms with Crippen molar-refractivity contribution in [3.8, 4) is 5.75 Å². The van der Waals surface area contributed by atoms with Gasteiger partial charge in [0, 0.05) is 50.2 Å². The van der Waals surface area contributed by atoms with Crippen molar-refractivity contribution in [2.24, 2.45) is 0 Å². The van der Waals surface area contributed by atoms with Crippen LogP contribution >= 0.6 is 0 Å². The molecule has 3 fully saturated rings. The number of ether oxygens (including phenoxy) is 3. The number of carbonyl (C=O) groups is 3. The normalized spacial score (nSPS) is 22.5. The summed E-state index contributed by atoms with van der Waals surface area (Å²) in [5, 5.41) is 2.94. The molecule has 0 saturated carbocycles. The molecule has 1 N–H and O–H groups in total. The third kappa shape index (κ3) is 5.23. The molecule has 10 heteroatoms. The van der Waals surface area contributed by atoms with Gasteiger partial charge in [-0.3, -0.25) is 19.3 Å². The number of rotatable bonds is 6. The fourth-order valence-electron chi connectivity index (χ4n) is 5.41. The standard InChI is InChI=1S/C28H32FN3O6/c1-36-22-10-6-20(7-11-22)27(35)32-24(25(33)30-17-23-3-2-16-37-23)18-38-28(32)12-14-31(15-13-28)26(34)19-4-8-21(29)9-5-19/h4-11,23-24H,2-3,12-18H2,1H3,(H,30,33)/t23-,24+/m0/s1. The summed E-state index contributed by atoms with van der Waals surface area (Å²) in [6, 6.07) is 11.4. The Kier molecular flexibility index (Phi) is 7.62. The number of hydrogen-bond donors (Lipinski definition) is 1. The van der Waals surface area contributed by atoms with Gasteiger partial charge in [0.25, 0.3) is 11.8 Å². The Bertz CT molecular complexity index is 1160. The van der Waals surface area contributed by atoms with Gasteiger partial charge in [-0.1, -0.05) is 0 Å². The van der Waals surface area contributed by atoms with Crippen molar-refractivity contribution in [3.63, 3.8) is 0 Å². The summed E-state index contributed by atoms with van der Waals surface area (Å²) in [5.74, 6) is -0.607. The van der Waals surface area contributed by atoms with Crippen LogP contribution in [0.2, 0.25) is 0 Å². The molecule has 0 bridgehead atoms. The Labute approximate surface area is 220 Å². The van der Waals surface area contributed by atoms with Gasteiger partial charge >= 0.3 is 0 Å². The molecule has 2 atom stereocenters. The summed E-state index contributed by atoms with van der Waals surface area (Å²) in [6.45, 7) is 1.78. The van der Waals surface area contributed by atoms with E-state index in [0.29, 0.717) is 56.0 Å². The molecule has 3 amide bonds. The third-order valence-electron chi connectivity index (χ3n) is 7.57. The average Bonchev–Trinajstić information content (AvgIpc) is 3.60. The lowest BCUT2D eigenvalue weighted by Crippen LogP contribution is -2.60. The van der Waals surface area contributed by atoms with Crippen LogP contribution in [0.25, 0.3) is 0 Å². The van der Waals surface area contributed by atoms with E-state index < -0.39 is 17.6 Å². The van der Waals surface area contributed by atoms with Gasteiger partial charge < -0.3 is 24.4 Å². The Hall–Kier alpha value is -3.50. The van der Waals surface area contributed by atoms with Crippen molar-refractivity contribution < 1.29 is 33.0 Å². The lowest BCUT2D eigenvalue weighted by molar-refractivity contribution is -0.128. The molecule has 3 saturated heterocycles. The first kappa shape index (κ1) is 26.1. The average molecular weight is 526 g/mol. The Balaban J connectivity index is 1.34. The molecule has 3 heterocycles. The SMILES string of the molecule is COc1ccc(C(=O)N2[C@@H](C(=O)NC[C@@H]3CCCO3)COC23CCN(C(=O)c2ccc(F)cc2)CC3)cc1. The van der Waals surface area contributed by atoms with Gasteiger partial charge in [-0.25, -0.2) is 4.39 Å². The van der Waals surface area contributed by atoms with Crippen LogP contribution in [-0.4, -0.2) is 85.3 Å². The smallest absolute Gasteiger partial charge is 0.256 e. The number of halogens is 1. The Morgan fingerprint density at radius 1 is 1.03 bits per heavy atom. The van der Waals surface area contributed by atoms with E-state index >= 15 is 0 Å². The van der Waals surface area contributed by atoms with Crippen LogP contribution in [-0.2, 0) is 14.3 Å². The van der Waals surface area contributed by atoms with Crippen LogP contribution in [0.4, 0.5) is 4.39 Å². The first-order chi connectivity index (χ1) is 18.4. The maximum Gasteiger partial charge on any atom is 0.256 e. The fraction of sp³-hybridized carbons (Fsp3) is 0.464. The van der Waals surface area contributed by atoms with Gasteiger partial charge in [-0.2, -0.15) is 0 Å². The van der Waals surface area contributed by atoms with Crippen molar-refractivity contribution in [1.29, 1.82) is 0 Å². The van der Waals surface area contributed by atoms with E-state index in [9.17, 15) is 18.8 Å². The van der Waals surface area contributed by atoms with Crippen molar-refractivity contribution in [2.75, 3.05) is 40.0 Å². The van der Waals surface area contributed by atoms with Crippen LogP contribution in [0.5, 0.6) is 5.75 Å². The number of nitrogens with zero attached hydrogens (tertiary/aromatic N) is 2. The molecule has 2 aromatic carbocycles. The maximum atomic E-state index is 13.8. The van der Waals surface area contributed by atoms with Crippen LogP contribution in [0.15, 0.2) is 48.5 Å². The molecule has 202 valence electrons. The van der Waals surface area contributed by atoms with Crippen LogP contribution < -0.4 is 10.1 Å². The van der Waals surface area contributed by atoms with Crippen LogP contribution in [0.3, 0.4) is 0 Å². The molecule has 0 aliphatic carbocycles. The van der Waals surface area contributed by atoms with E-state index in [1.165, 1.54) is 24.3 Å². The fourth-order valence-corrected chi connectivity index (χ4v) is 5.41. The van der Waals surface area contributed by atoms with E-state index in [0.717, 1.165) is 12.8 Å². The molecule has 3 aliphatic heterocycles. The van der Waals surface area contributed by atoms with Crippen LogP contribution in [0, 0.1) is 5.82 Å². The number of benzene rings is 2. The molecule has 5 rings (SSSR count). The summed E-state index contributed by atoms with van der Waals surface area (Å²) >= 11 is 0. The largest absolute Gasteiger partial charge is 0.497 e. The van der Waals surface area contributed by atoms with Crippen molar-refractivity contribution in [1.82, 2.24) is 15.1 Å². The quantitative estimate of drug-likeness (QED) is 0.623. The molecule has 0 aromatic heterocycles. The molecule has 38 heavy (non-hydrogen) atoms. The first-order valence-corrected chi connectivity index (χ1v) is 13.0. The predicted molar refractivity (Wildman–Crippen MR) is 135 cm³/mol. The van der Waals surface area contributed by atoms with E-state index in [1.807, 2.05) is 0 Å². The monoisotopic (exact) mass is 525 g/mol. The number of carbonyl (C=O) groups excluding carboxylic acids is 3. The molecular weight excluding hydrogens is 493 g/mol. The zero-order valence-electron chi connectivity index (χ0n) is 21.4. The predicted octanol–water partition coefficient (Wildman–Crippen LogP) is 2.60. The summed E-state index contributed by atoms with van der Waals surface area (Å²) in [7, 11) is 1.55. The van der Waals surface area contributed by atoms with Gasteiger partial charge in [0.2, 0.25) is 5.91 Å². The minimum atomic E-state index is -1.03. The lowest BCUT2D eigenvalue weighted by Gasteiger charge is -2.44. The molecule has 0 radical (unpaired) electrons. The lowest BCUT2D eigenvalue weighted by atomic mass is 9.96. The van der Waals surface area contributed by atoms with Gasteiger partial charge in [0.1, 0.15) is 23.3 Å². The molecule has 0 unspecified atom stereocenters. The van der Waals surface area contributed by atoms with Gasteiger partial charge in [-0.05, 0) is 61.4 Å². The van der Waals surface area contributed by atoms with E-state index in [4.69, 9.17) is 14.2 Å². The van der Waals surface area contributed by atoms with Crippen molar-refractivity contribution in [2.45, 2.75) is 43.6 Å². The summed E-state index contributed by atoms with van der Waals surface area (Å²) in [4.78, 5) is 43.4. The van der Waals surface area contributed by atoms with Gasteiger partial charge in [0.15, 0.2) is 0 Å². The number of piperidine rings is 1. The number of nitrogens with one attached hydrogen (secondary N) is 1. The highest BCUT2D eigenvalue weighted by atomic mass is 19.1. The third-order valence-corrected chi connectivity index (χ3v) is 7.57. The Morgan fingerprint density at radius 3 is 2.32 bits per heavy atom.